The van der Waals surface area contributed by atoms with Crippen LogP contribution in [-0.2, 0) is 13.0 Å². The topological polar surface area (TPSA) is 50.8 Å². The van der Waals surface area contributed by atoms with Crippen molar-refractivity contribution in [3.8, 4) is 11.5 Å². The first-order valence-corrected chi connectivity index (χ1v) is 9.01. The lowest BCUT2D eigenvalue weighted by molar-refractivity contribution is 0.102. The van der Waals surface area contributed by atoms with E-state index in [1.54, 1.807) is 12.1 Å². The number of nitrogens with one attached hydrogen (secondary N) is 1. The highest BCUT2D eigenvalue weighted by molar-refractivity contribution is 6.32. The molecule has 1 heterocycles. The van der Waals surface area contributed by atoms with Crippen LogP contribution in [-0.4, -0.2) is 38.1 Å². The van der Waals surface area contributed by atoms with Crippen LogP contribution < -0.4 is 14.8 Å². The Morgan fingerprint density at radius 1 is 1.22 bits per heavy atom. The molecule has 0 aliphatic carbocycles. The van der Waals surface area contributed by atoms with Crippen LogP contribution >= 0.6 is 24.0 Å². The molecule has 0 bridgehead atoms. The zero-order valence-electron chi connectivity index (χ0n) is 15.7. The van der Waals surface area contributed by atoms with E-state index >= 15 is 0 Å². The predicted octanol–water partition coefficient (Wildman–Crippen LogP) is 4.41. The van der Waals surface area contributed by atoms with Crippen LogP contribution in [0, 0.1) is 0 Å². The Hall–Kier alpha value is -1.95. The second-order valence-electron chi connectivity index (χ2n) is 6.20. The average molecular weight is 411 g/mol. The van der Waals surface area contributed by atoms with Crippen LogP contribution in [0.1, 0.15) is 28.4 Å². The maximum atomic E-state index is 12.9. The van der Waals surface area contributed by atoms with Gasteiger partial charge in [0.15, 0.2) is 0 Å². The molecule has 0 atom stereocenters. The Bertz CT molecular complexity index is 827. The van der Waals surface area contributed by atoms with Crippen molar-refractivity contribution in [2.24, 2.45) is 0 Å². The number of halogens is 2. The molecule has 7 heteroatoms. The van der Waals surface area contributed by atoms with E-state index in [2.05, 4.69) is 23.2 Å². The summed E-state index contributed by atoms with van der Waals surface area (Å²) < 4.78 is 10.5. The highest BCUT2D eigenvalue weighted by atomic mass is 35.5. The highest BCUT2D eigenvalue weighted by Gasteiger charge is 2.21. The molecular formula is C20H24Cl2N2O3. The van der Waals surface area contributed by atoms with E-state index in [9.17, 15) is 4.79 Å². The zero-order chi connectivity index (χ0) is 18.7. The van der Waals surface area contributed by atoms with Crippen molar-refractivity contribution < 1.29 is 14.3 Å². The van der Waals surface area contributed by atoms with Crippen LogP contribution in [0.2, 0.25) is 5.02 Å². The number of fused-ring (bicyclic) bond motifs is 1. The Morgan fingerprint density at radius 2 is 1.96 bits per heavy atom. The molecule has 27 heavy (non-hydrogen) atoms. The summed E-state index contributed by atoms with van der Waals surface area (Å²) in [6, 6.07) is 9.24. The average Bonchev–Trinajstić information content (AvgIpc) is 2.67. The lowest BCUT2D eigenvalue weighted by Gasteiger charge is -2.29. The van der Waals surface area contributed by atoms with Crippen LogP contribution in [0.4, 0.5) is 5.69 Å². The molecule has 2 aromatic carbocycles. The third-order valence-electron chi connectivity index (χ3n) is 4.76. The van der Waals surface area contributed by atoms with Crippen LogP contribution in [0.3, 0.4) is 0 Å². The van der Waals surface area contributed by atoms with E-state index < -0.39 is 0 Å². The van der Waals surface area contributed by atoms with Gasteiger partial charge in [0, 0.05) is 24.8 Å². The van der Waals surface area contributed by atoms with Crippen LogP contribution in [0.5, 0.6) is 11.5 Å². The molecule has 5 nitrogen and oxygen atoms in total. The molecule has 1 N–H and O–H groups in total. The Kier molecular flexibility index (Phi) is 7.36. The lowest BCUT2D eigenvalue weighted by atomic mass is 9.97. The van der Waals surface area contributed by atoms with E-state index in [0.29, 0.717) is 22.1 Å². The molecular weight excluding hydrogens is 387 g/mol. The summed E-state index contributed by atoms with van der Waals surface area (Å²) in [7, 11) is 3.04. The summed E-state index contributed by atoms with van der Waals surface area (Å²) in [6.07, 6.45) is 0.917. The van der Waals surface area contributed by atoms with E-state index in [1.165, 1.54) is 25.3 Å². The number of benzene rings is 2. The number of anilines is 1. The fourth-order valence-electron chi connectivity index (χ4n) is 3.28. The molecule has 1 aliphatic rings. The molecule has 0 radical (unpaired) electrons. The van der Waals surface area contributed by atoms with Crippen LogP contribution in [0.25, 0.3) is 0 Å². The maximum absolute atomic E-state index is 12.9. The highest BCUT2D eigenvalue weighted by Crippen LogP contribution is 2.33. The fourth-order valence-corrected chi connectivity index (χ4v) is 3.52. The number of nitrogens with zero attached hydrogens (tertiary/aromatic N) is 1. The van der Waals surface area contributed by atoms with Gasteiger partial charge in [-0.25, -0.2) is 0 Å². The first-order chi connectivity index (χ1) is 12.6. The molecule has 0 saturated heterocycles. The number of carbonyl (C=O) groups is 1. The van der Waals surface area contributed by atoms with E-state index in [-0.39, 0.29) is 18.3 Å². The van der Waals surface area contributed by atoms with Gasteiger partial charge >= 0.3 is 0 Å². The molecule has 3 rings (SSSR count). The minimum Gasteiger partial charge on any atom is -0.496 e. The number of ether oxygens (including phenoxy) is 2. The van der Waals surface area contributed by atoms with Gasteiger partial charge < -0.3 is 14.8 Å². The van der Waals surface area contributed by atoms with Gasteiger partial charge in [0.25, 0.3) is 5.91 Å². The number of carbonyl (C=O) groups excluding carboxylic acids is 1. The van der Waals surface area contributed by atoms with Gasteiger partial charge in [0.1, 0.15) is 11.5 Å². The Labute approximate surface area is 171 Å². The summed E-state index contributed by atoms with van der Waals surface area (Å²) in [4.78, 5) is 15.2. The fraction of sp³-hybridized carbons (Fsp3) is 0.350. The minimum absolute atomic E-state index is 0. The van der Waals surface area contributed by atoms with Crippen molar-refractivity contribution in [3.05, 3.63) is 52.0 Å². The van der Waals surface area contributed by atoms with Gasteiger partial charge in [-0.3, -0.25) is 9.69 Å². The predicted molar refractivity (Wildman–Crippen MR) is 111 cm³/mol. The molecule has 0 aromatic heterocycles. The minimum atomic E-state index is -0.252. The van der Waals surface area contributed by atoms with Crippen molar-refractivity contribution >= 4 is 35.6 Å². The summed E-state index contributed by atoms with van der Waals surface area (Å²) in [5.74, 6) is 0.639. The van der Waals surface area contributed by atoms with Gasteiger partial charge in [0.05, 0.1) is 24.8 Å². The van der Waals surface area contributed by atoms with Gasteiger partial charge in [-0.1, -0.05) is 30.7 Å². The third kappa shape index (κ3) is 4.49. The molecule has 1 aliphatic heterocycles. The second kappa shape index (κ2) is 9.31. The standard InChI is InChI=1S/C20H23ClN2O3.ClH/c1-4-23-9-8-14-13(12-23)6-5-7-17(14)22-20(24)15-10-16(21)19(26-3)11-18(15)25-2;/h5-7,10-11H,4,8-9,12H2,1-3H3,(H,22,24);1H. The Morgan fingerprint density at radius 3 is 2.63 bits per heavy atom. The van der Waals surface area contributed by atoms with Crippen molar-refractivity contribution in [2.75, 3.05) is 32.6 Å². The monoisotopic (exact) mass is 410 g/mol. The maximum Gasteiger partial charge on any atom is 0.259 e. The second-order valence-corrected chi connectivity index (χ2v) is 6.61. The van der Waals surface area contributed by atoms with Crippen LogP contribution in [0.15, 0.2) is 30.3 Å². The molecule has 0 saturated carbocycles. The molecule has 0 fully saturated rings. The SMILES string of the molecule is CCN1CCc2c(cccc2NC(=O)c2cc(Cl)c(OC)cc2OC)C1.Cl. The third-order valence-corrected chi connectivity index (χ3v) is 5.05. The smallest absolute Gasteiger partial charge is 0.259 e. The number of hydrogen-bond acceptors (Lipinski definition) is 4. The number of methoxy groups -OCH3 is 2. The summed E-state index contributed by atoms with van der Waals surface area (Å²) >= 11 is 6.19. The lowest BCUT2D eigenvalue weighted by Crippen LogP contribution is -2.31. The number of hydrogen-bond donors (Lipinski definition) is 1. The molecule has 146 valence electrons. The van der Waals surface area contributed by atoms with Gasteiger partial charge in [-0.05, 0) is 36.2 Å². The van der Waals surface area contributed by atoms with Gasteiger partial charge in [0.2, 0.25) is 0 Å². The normalized spacial score (nSPS) is 13.3. The molecule has 2 aromatic rings. The van der Waals surface area contributed by atoms with Crippen molar-refractivity contribution in [1.29, 1.82) is 0 Å². The van der Waals surface area contributed by atoms with Crippen molar-refractivity contribution in [1.82, 2.24) is 4.90 Å². The first kappa shape index (κ1) is 21.4. The number of likely N-dealkylation sites (N-methyl/N-ethyl adjacent to an activating group) is 1. The largest absolute Gasteiger partial charge is 0.496 e. The van der Waals surface area contributed by atoms with E-state index in [1.807, 2.05) is 12.1 Å². The summed E-state index contributed by atoms with van der Waals surface area (Å²) in [5.41, 5.74) is 3.68. The Balaban J connectivity index is 0.00000261. The van der Waals surface area contributed by atoms with Crippen molar-refractivity contribution in [2.45, 2.75) is 19.9 Å². The summed E-state index contributed by atoms with van der Waals surface area (Å²) in [6.45, 7) is 5.09. The van der Waals surface area contributed by atoms with Gasteiger partial charge in [-0.2, -0.15) is 0 Å². The number of rotatable bonds is 5. The number of amides is 1. The molecule has 1 amide bonds. The van der Waals surface area contributed by atoms with Gasteiger partial charge in [-0.15, -0.1) is 12.4 Å². The molecule has 0 spiro atoms. The quantitative estimate of drug-likeness (QED) is 0.792. The molecule has 0 unspecified atom stereocenters. The van der Waals surface area contributed by atoms with Crippen molar-refractivity contribution in [3.63, 3.8) is 0 Å². The first-order valence-electron chi connectivity index (χ1n) is 8.63. The zero-order valence-corrected chi connectivity index (χ0v) is 17.2. The summed E-state index contributed by atoms with van der Waals surface area (Å²) in [5, 5.41) is 3.39. The van der Waals surface area contributed by atoms with E-state index in [4.69, 9.17) is 21.1 Å². The van der Waals surface area contributed by atoms with E-state index in [0.717, 1.165) is 31.7 Å².